The van der Waals surface area contributed by atoms with Gasteiger partial charge in [-0.05, 0) is 73.7 Å². The van der Waals surface area contributed by atoms with Gasteiger partial charge in [-0.1, -0.05) is 48.5 Å². The zero-order valence-electron chi connectivity index (χ0n) is 18.4. The van der Waals surface area contributed by atoms with Crippen LogP contribution in [0.4, 0.5) is 0 Å². The molecular formula is C26H36N2O2. The highest BCUT2D eigenvalue weighted by Gasteiger charge is 2.29. The van der Waals surface area contributed by atoms with Gasteiger partial charge in [0.05, 0.1) is 0 Å². The van der Waals surface area contributed by atoms with Crippen LogP contribution in [-0.4, -0.2) is 35.6 Å². The van der Waals surface area contributed by atoms with Crippen LogP contribution in [0.3, 0.4) is 0 Å². The molecule has 1 saturated carbocycles. The zero-order valence-corrected chi connectivity index (χ0v) is 18.4. The Morgan fingerprint density at radius 3 is 2.43 bits per heavy atom. The number of aliphatic hydroxyl groups is 1. The number of aryl methyl sites for hydroxylation is 1. The van der Waals surface area contributed by atoms with Crippen molar-refractivity contribution in [2.45, 2.75) is 70.5 Å². The fraction of sp³-hybridized carbons (Fsp3) is 0.500. The highest BCUT2D eigenvalue weighted by molar-refractivity contribution is 5.73. The Morgan fingerprint density at radius 2 is 1.80 bits per heavy atom. The van der Waals surface area contributed by atoms with E-state index >= 15 is 0 Å². The van der Waals surface area contributed by atoms with Gasteiger partial charge in [-0.3, -0.25) is 4.79 Å². The molecule has 4 nitrogen and oxygen atoms in total. The van der Waals surface area contributed by atoms with E-state index in [9.17, 15) is 4.79 Å². The molecule has 0 atom stereocenters. The lowest BCUT2D eigenvalue weighted by Gasteiger charge is -2.37. The first-order valence-corrected chi connectivity index (χ1v) is 11.3. The van der Waals surface area contributed by atoms with Crippen LogP contribution in [0.1, 0.15) is 67.2 Å². The van der Waals surface area contributed by atoms with E-state index in [2.05, 4.69) is 40.5 Å². The summed E-state index contributed by atoms with van der Waals surface area (Å²) >= 11 is 0. The van der Waals surface area contributed by atoms with Crippen molar-refractivity contribution < 1.29 is 9.90 Å². The number of amides is 1. The summed E-state index contributed by atoms with van der Waals surface area (Å²) in [5.41, 5.74) is 5.33. The van der Waals surface area contributed by atoms with E-state index in [-0.39, 0.29) is 12.5 Å². The lowest BCUT2D eigenvalue weighted by Crippen LogP contribution is -2.40. The number of hydrogen-bond donors (Lipinski definition) is 2. The SMILES string of the molecule is CNCc1cc(CCCO)ccc1C1CCC(N(Cc2ccccc2)C(C)=O)CC1. The van der Waals surface area contributed by atoms with Gasteiger partial charge in [0.1, 0.15) is 0 Å². The van der Waals surface area contributed by atoms with Gasteiger partial charge in [-0.25, -0.2) is 0 Å². The summed E-state index contributed by atoms with van der Waals surface area (Å²) < 4.78 is 0. The number of benzene rings is 2. The second-order valence-electron chi connectivity index (χ2n) is 8.53. The minimum Gasteiger partial charge on any atom is -0.396 e. The Kier molecular flexibility index (Phi) is 8.47. The van der Waals surface area contributed by atoms with E-state index in [0.29, 0.717) is 18.5 Å². The van der Waals surface area contributed by atoms with Gasteiger partial charge < -0.3 is 15.3 Å². The fourth-order valence-corrected chi connectivity index (χ4v) is 4.82. The van der Waals surface area contributed by atoms with E-state index < -0.39 is 0 Å². The average Bonchev–Trinajstić information content (AvgIpc) is 2.77. The lowest BCUT2D eigenvalue weighted by molar-refractivity contribution is -0.132. The highest BCUT2D eigenvalue weighted by Crippen LogP contribution is 2.37. The van der Waals surface area contributed by atoms with E-state index in [1.54, 1.807) is 6.92 Å². The molecular weight excluding hydrogens is 372 g/mol. The third kappa shape index (κ3) is 5.93. The predicted octanol–water partition coefficient (Wildman–Crippen LogP) is 4.41. The summed E-state index contributed by atoms with van der Waals surface area (Å²) in [5.74, 6) is 0.730. The van der Waals surface area contributed by atoms with Gasteiger partial charge in [-0.15, -0.1) is 0 Å². The first kappa shape index (κ1) is 22.5. The van der Waals surface area contributed by atoms with Gasteiger partial charge in [-0.2, -0.15) is 0 Å². The monoisotopic (exact) mass is 408 g/mol. The molecule has 1 aliphatic rings. The molecule has 1 amide bonds. The molecule has 0 unspecified atom stereocenters. The van der Waals surface area contributed by atoms with Crippen molar-refractivity contribution in [1.29, 1.82) is 0 Å². The van der Waals surface area contributed by atoms with Crippen molar-refractivity contribution >= 4 is 5.91 Å². The van der Waals surface area contributed by atoms with E-state index in [1.807, 2.05) is 25.2 Å². The van der Waals surface area contributed by atoms with E-state index in [0.717, 1.165) is 45.1 Å². The summed E-state index contributed by atoms with van der Waals surface area (Å²) in [4.78, 5) is 14.4. The summed E-state index contributed by atoms with van der Waals surface area (Å²) in [6.07, 6.45) is 6.09. The van der Waals surface area contributed by atoms with Crippen molar-refractivity contribution in [2.75, 3.05) is 13.7 Å². The van der Waals surface area contributed by atoms with Crippen LogP contribution < -0.4 is 5.32 Å². The summed E-state index contributed by atoms with van der Waals surface area (Å²) in [6.45, 7) is 3.51. The Hall–Kier alpha value is -2.17. The van der Waals surface area contributed by atoms with Crippen LogP contribution in [0.2, 0.25) is 0 Å². The Labute approximate surface area is 181 Å². The number of aliphatic hydroxyl groups excluding tert-OH is 1. The number of nitrogens with zero attached hydrogens (tertiary/aromatic N) is 1. The Balaban J connectivity index is 1.67. The van der Waals surface area contributed by atoms with Crippen molar-refractivity contribution in [3.63, 3.8) is 0 Å². The van der Waals surface area contributed by atoms with Crippen molar-refractivity contribution in [1.82, 2.24) is 10.2 Å². The molecule has 1 aliphatic carbocycles. The minimum atomic E-state index is 0.173. The molecule has 0 aromatic heterocycles. The molecule has 1 fully saturated rings. The second kappa shape index (κ2) is 11.3. The summed E-state index contributed by atoms with van der Waals surface area (Å²) in [5, 5.41) is 12.4. The Bertz CT molecular complexity index is 798. The lowest BCUT2D eigenvalue weighted by atomic mass is 9.79. The normalized spacial score (nSPS) is 18.9. The standard InChI is InChI=1S/C26H36N2O2/c1-20(30)28(19-22-7-4-3-5-8-22)25-13-11-23(12-14-25)26-15-10-21(9-6-16-29)17-24(26)18-27-2/h3-5,7-8,10,15,17,23,25,27,29H,6,9,11-14,16,18-19H2,1-2H3. The molecule has 2 aromatic carbocycles. The average molecular weight is 409 g/mol. The zero-order chi connectivity index (χ0) is 21.3. The molecule has 3 rings (SSSR count). The van der Waals surface area contributed by atoms with Crippen LogP contribution in [0.25, 0.3) is 0 Å². The summed E-state index contributed by atoms with van der Waals surface area (Å²) in [7, 11) is 2.00. The van der Waals surface area contributed by atoms with Crippen LogP contribution in [0.15, 0.2) is 48.5 Å². The van der Waals surface area contributed by atoms with Crippen LogP contribution in [0.5, 0.6) is 0 Å². The Morgan fingerprint density at radius 1 is 1.07 bits per heavy atom. The van der Waals surface area contributed by atoms with Crippen molar-refractivity contribution in [3.8, 4) is 0 Å². The molecule has 162 valence electrons. The van der Waals surface area contributed by atoms with Gasteiger partial charge >= 0.3 is 0 Å². The first-order valence-electron chi connectivity index (χ1n) is 11.3. The maximum absolute atomic E-state index is 12.4. The molecule has 2 aromatic rings. The maximum atomic E-state index is 12.4. The quantitative estimate of drug-likeness (QED) is 0.646. The van der Waals surface area contributed by atoms with E-state index in [1.165, 1.54) is 22.3 Å². The third-order valence-electron chi connectivity index (χ3n) is 6.38. The number of carbonyl (C=O) groups excluding carboxylic acids is 1. The van der Waals surface area contributed by atoms with Crippen LogP contribution >= 0.6 is 0 Å². The van der Waals surface area contributed by atoms with Crippen molar-refractivity contribution in [2.24, 2.45) is 0 Å². The minimum absolute atomic E-state index is 0.173. The van der Waals surface area contributed by atoms with Crippen molar-refractivity contribution in [3.05, 3.63) is 70.8 Å². The van der Waals surface area contributed by atoms with E-state index in [4.69, 9.17) is 5.11 Å². The highest BCUT2D eigenvalue weighted by atomic mass is 16.2. The second-order valence-corrected chi connectivity index (χ2v) is 8.53. The van der Waals surface area contributed by atoms with Crippen LogP contribution in [0, 0.1) is 0 Å². The fourth-order valence-electron chi connectivity index (χ4n) is 4.82. The van der Waals surface area contributed by atoms with Gasteiger partial charge in [0.15, 0.2) is 0 Å². The van der Waals surface area contributed by atoms with Gasteiger partial charge in [0.25, 0.3) is 0 Å². The molecule has 0 aliphatic heterocycles. The number of nitrogens with one attached hydrogen (secondary N) is 1. The largest absolute Gasteiger partial charge is 0.396 e. The first-order chi connectivity index (χ1) is 14.6. The molecule has 0 spiro atoms. The molecule has 4 heteroatoms. The molecule has 0 radical (unpaired) electrons. The molecule has 0 heterocycles. The molecule has 0 bridgehead atoms. The number of hydrogen-bond acceptors (Lipinski definition) is 3. The van der Waals surface area contributed by atoms with Crippen LogP contribution in [-0.2, 0) is 24.3 Å². The number of carbonyl (C=O) groups is 1. The molecule has 0 saturated heterocycles. The number of rotatable bonds is 9. The van der Waals surface area contributed by atoms with Gasteiger partial charge in [0, 0.05) is 32.7 Å². The molecule has 30 heavy (non-hydrogen) atoms. The maximum Gasteiger partial charge on any atom is 0.219 e. The van der Waals surface area contributed by atoms with Gasteiger partial charge in [0.2, 0.25) is 5.91 Å². The summed E-state index contributed by atoms with van der Waals surface area (Å²) in [6, 6.07) is 17.5. The topological polar surface area (TPSA) is 52.6 Å². The molecule has 2 N–H and O–H groups in total. The predicted molar refractivity (Wildman–Crippen MR) is 122 cm³/mol. The smallest absolute Gasteiger partial charge is 0.219 e. The third-order valence-corrected chi connectivity index (χ3v) is 6.38.